The van der Waals surface area contributed by atoms with Crippen molar-refractivity contribution in [2.45, 2.75) is 0 Å². The Bertz CT molecular complexity index is 403. The number of nitrogens with zero attached hydrogens (tertiary/aromatic N) is 3. The van der Waals surface area contributed by atoms with Crippen LogP contribution in [0.2, 0.25) is 0 Å². The zero-order chi connectivity index (χ0) is 9.52. The van der Waals surface area contributed by atoms with Gasteiger partial charge in [-0.3, -0.25) is 4.79 Å². The molecule has 0 spiro atoms. The Kier molecular flexibility index (Phi) is 3.19. The topological polar surface area (TPSA) is 81.6 Å². The van der Waals surface area contributed by atoms with Gasteiger partial charge in [-0.25, -0.2) is 0 Å². The van der Waals surface area contributed by atoms with Gasteiger partial charge in [-0.2, -0.15) is 0 Å². The number of carbonyl (C=O) groups excluding carboxylic acids is 1. The fraction of sp³-hybridized carbons (Fsp3) is 0.125. The molecule has 1 aromatic heterocycles. The molecule has 1 rings (SSSR count). The summed E-state index contributed by atoms with van der Waals surface area (Å²) in [4.78, 5) is 15.5. The van der Waals surface area contributed by atoms with Crippen LogP contribution in [0.25, 0.3) is 10.4 Å². The second-order valence-electron chi connectivity index (χ2n) is 2.15. The number of hydrogen-bond acceptors (Lipinski definition) is 2. The molecule has 1 aromatic rings. The third kappa shape index (κ3) is 2.73. The Labute approximate surface area is 74.4 Å². The highest BCUT2D eigenvalue weighted by molar-refractivity contribution is 5.72. The molecule has 0 radical (unpaired) electrons. The van der Waals surface area contributed by atoms with Gasteiger partial charge in [0.2, 0.25) is 0 Å². The third-order valence-corrected chi connectivity index (χ3v) is 1.28. The maximum absolute atomic E-state index is 10.3. The molecule has 5 heteroatoms. The second-order valence-corrected chi connectivity index (χ2v) is 2.15. The van der Waals surface area contributed by atoms with Crippen LogP contribution in [0.5, 0.6) is 0 Å². The van der Waals surface area contributed by atoms with E-state index in [0.29, 0.717) is 17.5 Å². The van der Waals surface area contributed by atoms with Gasteiger partial charge in [0.15, 0.2) is 6.29 Å². The molecule has 0 saturated carbocycles. The standard InChI is InChI=1S/C8H6N4O/c9-12-11-3-1-2-7-4-8(6-13)10-5-7/h4-6,10H,3H2. The molecular weight excluding hydrogens is 168 g/mol. The van der Waals surface area contributed by atoms with Crippen LogP contribution in [0.15, 0.2) is 17.4 Å². The van der Waals surface area contributed by atoms with Gasteiger partial charge in [0, 0.05) is 16.7 Å². The third-order valence-electron chi connectivity index (χ3n) is 1.28. The number of aldehydes is 1. The summed E-state index contributed by atoms with van der Waals surface area (Å²) in [5, 5.41) is 3.24. The second kappa shape index (κ2) is 4.65. The summed E-state index contributed by atoms with van der Waals surface area (Å²) in [6.07, 6.45) is 2.32. The van der Waals surface area contributed by atoms with Gasteiger partial charge in [0.1, 0.15) is 0 Å². The number of nitrogens with one attached hydrogen (secondary N) is 1. The van der Waals surface area contributed by atoms with Gasteiger partial charge < -0.3 is 4.98 Å². The first-order valence-electron chi connectivity index (χ1n) is 3.50. The van der Waals surface area contributed by atoms with Crippen molar-refractivity contribution in [1.29, 1.82) is 0 Å². The Morgan fingerprint density at radius 1 is 1.77 bits per heavy atom. The van der Waals surface area contributed by atoms with Crippen LogP contribution in [0.3, 0.4) is 0 Å². The summed E-state index contributed by atoms with van der Waals surface area (Å²) < 4.78 is 0. The molecule has 0 aliphatic carbocycles. The van der Waals surface area contributed by atoms with E-state index in [2.05, 4.69) is 26.9 Å². The zero-order valence-electron chi connectivity index (χ0n) is 6.69. The number of H-pyrrole nitrogens is 1. The summed E-state index contributed by atoms with van der Waals surface area (Å²) in [6, 6.07) is 1.62. The summed E-state index contributed by atoms with van der Waals surface area (Å²) in [5.74, 6) is 5.36. The molecule has 0 aliphatic rings. The van der Waals surface area contributed by atoms with Crippen LogP contribution >= 0.6 is 0 Å². The summed E-state index contributed by atoms with van der Waals surface area (Å²) in [7, 11) is 0. The Balaban J connectivity index is 2.66. The van der Waals surface area contributed by atoms with Crippen molar-refractivity contribution in [3.63, 3.8) is 0 Å². The first-order valence-corrected chi connectivity index (χ1v) is 3.50. The van der Waals surface area contributed by atoms with Crippen molar-refractivity contribution in [3.05, 3.63) is 34.0 Å². The average molecular weight is 174 g/mol. The minimum atomic E-state index is 0.137. The minimum Gasteiger partial charge on any atom is -0.358 e. The number of carbonyl (C=O) groups is 1. The number of hydrogen-bond donors (Lipinski definition) is 1. The van der Waals surface area contributed by atoms with Crippen molar-refractivity contribution in [1.82, 2.24) is 4.98 Å². The van der Waals surface area contributed by atoms with Gasteiger partial charge in [-0.15, -0.1) is 0 Å². The number of rotatable bonds is 2. The first-order chi connectivity index (χ1) is 6.36. The van der Waals surface area contributed by atoms with Crippen molar-refractivity contribution in [3.8, 4) is 11.8 Å². The van der Waals surface area contributed by atoms with Crippen molar-refractivity contribution < 1.29 is 4.79 Å². The normalized spacial score (nSPS) is 8.00. The molecule has 0 aliphatic heterocycles. The molecule has 0 atom stereocenters. The Hall–Kier alpha value is -2.18. The molecular formula is C8H6N4O. The molecule has 1 heterocycles. The predicted octanol–water partition coefficient (Wildman–Crippen LogP) is 1.49. The molecule has 0 amide bonds. The quantitative estimate of drug-likeness (QED) is 0.238. The van der Waals surface area contributed by atoms with E-state index in [1.54, 1.807) is 12.3 Å². The molecule has 0 bridgehead atoms. The van der Waals surface area contributed by atoms with Gasteiger partial charge in [0.05, 0.1) is 12.2 Å². The lowest BCUT2D eigenvalue weighted by Crippen LogP contribution is -1.73. The van der Waals surface area contributed by atoms with Crippen LogP contribution < -0.4 is 0 Å². The molecule has 0 saturated heterocycles. The van der Waals surface area contributed by atoms with E-state index >= 15 is 0 Å². The van der Waals surface area contributed by atoms with E-state index in [0.717, 1.165) is 0 Å². The zero-order valence-corrected chi connectivity index (χ0v) is 6.69. The van der Waals surface area contributed by atoms with Crippen LogP contribution in [-0.4, -0.2) is 17.8 Å². The van der Waals surface area contributed by atoms with Crippen LogP contribution in [0, 0.1) is 11.8 Å². The lowest BCUT2D eigenvalue weighted by Gasteiger charge is -1.74. The largest absolute Gasteiger partial charge is 0.358 e. The first kappa shape index (κ1) is 8.91. The monoisotopic (exact) mass is 174 g/mol. The van der Waals surface area contributed by atoms with E-state index in [4.69, 9.17) is 5.53 Å². The maximum Gasteiger partial charge on any atom is 0.166 e. The van der Waals surface area contributed by atoms with E-state index in [1.165, 1.54) is 0 Å². The maximum atomic E-state index is 10.3. The van der Waals surface area contributed by atoms with E-state index < -0.39 is 0 Å². The van der Waals surface area contributed by atoms with Crippen molar-refractivity contribution in [2.24, 2.45) is 5.11 Å². The van der Waals surface area contributed by atoms with Crippen molar-refractivity contribution >= 4 is 6.29 Å². The highest BCUT2D eigenvalue weighted by atomic mass is 16.1. The molecule has 0 aromatic carbocycles. The SMILES string of the molecule is [N-]=[N+]=NCC#Cc1c[nH]c(C=O)c1. The molecule has 64 valence electrons. The fourth-order valence-corrected chi connectivity index (χ4v) is 0.761. The van der Waals surface area contributed by atoms with Crippen LogP contribution in [0.1, 0.15) is 16.1 Å². The highest BCUT2D eigenvalue weighted by Crippen LogP contribution is 1.98. The van der Waals surface area contributed by atoms with Gasteiger partial charge in [-0.05, 0) is 11.6 Å². The van der Waals surface area contributed by atoms with Crippen LogP contribution in [0.4, 0.5) is 0 Å². The lowest BCUT2D eigenvalue weighted by molar-refractivity contribution is 0.111. The summed E-state index contributed by atoms with van der Waals surface area (Å²) >= 11 is 0. The van der Waals surface area contributed by atoms with E-state index in [1.807, 2.05) is 0 Å². The van der Waals surface area contributed by atoms with Gasteiger partial charge in [0.25, 0.3) is 0 Å². The van der Waals surface area contributed by atoms with Gasteiger partial charge in [-0.1, -0.05) is 17.0 Å². The Morgan fingerprint density at radius 2 is 2.62 bits per heavy atom. The number of azide groups is 1. The molecule has 13 heavy (non-hydrogen) atoms. The highest BCUT2D eigenvalue weighted by Gasteiger charge is 1.92. The minimum absolute atomic E-state index is 0.137. The van der Waals surface area contributed by atoms with Gasteiger partial charge >= 0.3 is 0 Å². The summed E-state index contributed by atoms with van der Waals surface area (Å²) in [6.45, 7) is 0.137. The molecule has 0 fully saturated rings. The predicted molar refractivity (Wildman–Crippen MR) is 47.1 cm³/mol. The molecule has 5 nitrogen and oxygen atoms in total. The van der Waals surface area contributed by atoms with E-state index in [9.17, 15) is 4.79 Å². The van der Waals surface area contributed by atoms with E-state index in [-0.39, 0.29) is 6.54 Å². The summed E-state index contributed by atoms with van der Waals surface area (Å²) in [5.41, 5.74) is 9.13. The lowest BCUT2D eigenvalue weighted by atomic mass is 10.3. The van der Waals surface area contributed by atoms with Crippen molar-refractivity contribution in [2.75, 3.05) is 6.54 Å². The van der Waals surface area contributed by atoms with Crippen LogP contribution in [-0.2, 0) is 0 Å². The molecule has 0 unspecified atom stereocenters. The fourth-order valence-electron chi connectivity index (χ4n) is 0.761. The number of aromatic amines is 1. The Morgan fingerprint density at radius 3 is 3.23 bits per heavy atom. The number of aromatic nitrogens is 1. The smallest absolute Gasteiger partial charge is 0.166 e. The average Bonchev–Trinajstić information content (AvgIpc) is 2.60. The molecule has 1 N–H and O–H groups in total.